The first kappa shape index (κ1) is 11.4. The Morgan fingerprint density at radius 2 is 1.82 bits per heavy atom. The third-order valence-electron chi connectivity index (χ3n) is 2.85. The van der Waals surface area contributed by atoms with Gasteiger partial charge in [-0.1, -0.05) is 18.2 Å². The quantitative estimate of drug-likeness (QED) is 0.650. The second kappa shape index (κ2) is 3.73. The minimum atomic E-state index is -3.46. The lowest BCUT2D eigenvalue weighted by atomic mass is 9.99. The molecule has 1 heterocycles. The highest BCUT2D eigenvalue weighted by molar-refractivity contribution is 7.93. The Kier molecular flexibility index (Phi) is 2.49. The molecule has 1 aliphatic heterocycles. The highest BCUT2D eigenvalue weighted by atomic mass is 32.2. The lowest BCUT2D eigenvalue weighted by molar-refractivity contribution is 0.595. The van der Waals surface area contributed by atoms with Crippen molar-refractivity contribution in [3.8, 4) is 12.1 Å². The molecular weight excluding hydrogens is 236 g/mol. The van der Waals surface area contributed by atoms with Crippen LogP contribution in [0.15, 0.2) is 34.7 Å². The van der Waals surface area contributed by atoms with Gasteiger partial charge in [0.25, 0.3) is 0 Å². The van der Waals surface area contributed by atoms with E-state index in [1.165, 1.54) is 13.0 Å². The van der Waals surface area contributed by atoms with E-state index in [2.05, 4.69) is 0 Å². The fourth-order valence-corrected chi connectivity index (χ4v) is 3.67. The van der Waals surface area contributed by atoms with Crippen LogP contribution in [0, 0.1) is 22.7 Å². The lowest BCUT2D eigenvalue weighted by Gasteiger charge is -2.03. The summed E-state index contributed by atoms with van der Waals surface area (Å²) in [5.74, 6) is 0. The summed E-state index contributed by atoms with van der Waals surface area (Å²) < 4.78 is 24.2. The number of hydrogen-bond donors (Lipinski definition) is 0. The normalized spacial score (nSPS) is 20.2. The van der Waals surface area contributed by atoms with E-state index in [4.69, 9.17) is 10.5 Å². The number of benzene rings is 1. The summed E-state index contributed by atoms with van der Waals surface area (Å²) in [4.78, 5) is 0.200. The first-order valence-corrected chi connectivity index (χ1v) is 6.46. The number of rotatable bonds is 0. The van der Waals surface area contributed by atoms with Crippen molar-refractivity contribution in [3.63, 3.8) is 0 Å². The van der Waals surface area contributed by atoms with Crippen LogP contribution >= 0.6 is 0 Å². The van der Waals surface area contributed by atoms with E-state index in [1.807, 2.05) is 0 Å². The molecule has 1 aromatic rings. The van der Waals surface area contributed by atoms with Crippen molar-refractivity contribution in [2.45, 2.75) is 17.1 Å². The van der Waals surface area contributed by atoms with Gasteiger partial charge in [0.2, 0.25) is 0 Å². The molecule has 1 unspecified atom stereocenters. The number of nitrogens with zero attached hydrogens (tertiary/aromatic N) is 2. The van der Waals surface area contributed by atoms with Gasteiger partial charge < -0.3 is 0 Å². The van der Waals surface area contributed by atoms with Crippen LogP contribution in [0.2, 0.25) is 0 Å². The standard InChI is InChI=1S/C12H8N2O2S/c1-8-12(9(6-13)7-14)10-4-2-3-5-11(10)17(8,15)16/h2-5,8H,1H3. The maximum Gasteiger partial charge on any atom is 0.185 e. The maximum atomic E-state index is 12.1. The molecule has 84 valence electrons. The Bertz CT molecular complexity index is 687. The first-order valence-electron chi connectivity index (χ1n) is 4.91. The highest BCUT2D eigenvalue weighted by Crippen LogP contribution is 2.40. The van der Waals surface area contributed by atoms with Crippen molar-refractivity contribution in [2.24, 2.45) is 0 Å². The Hall–Kier alpha value is -2.11. The van der Waals surface area contributed by atoms with Crippen LogP contribution in [0.1, 0.15) is 12.5 Å². The predicted molar refractivity (Wildman–Crippen MR) is 61.2 cm³/mol. The van der Waals surface area contributed by atoms with Gasteiger partial charge in [-0.05, 0) is 18.6 Å². The van der Waals surface area contributed by atoms with Gasteiger partial charge in [0, 0.05) is 5.57 Å². The van der Waals surface area contributed by atoms with Crippen molar-refractivity contribution >= 4 is 15.4 Å². The molecule has 0 amide bonds. The molecule has 0 saturated heterocycles. The Balaban J connectivity index is 2.91. The van der Waals surface area contributed by atoms with Crippen molar-refractivity contribution < 1.29 is 8.42 Å². The van der Waals surface area contributed by atoms with E-state index in [-0.39, 0.29) is 10.5 Å². The minimum absolute atomic E-state index is 0.133. The fourth-order valence-electron chi connectivity index (χ4n) is 1.99. The van der Waals surface area contributed by atoms with Crippen molar-refractivity contribution in [1.82, 2.24) is 0 Å². The summed E-state index contributed by atoms with van der Waals surface area (Å²) in [5, 5.41) is 16.9. The SMILES string of the molecule is CC1C(=C(C#N)C#N)c2ccccc2S1(=O)=O. The molecule has 0 N–H and O–H groups in total. The Morgan fingerprint density at radius 1 is 1.24 bits per heavy atom. The number of allylic oxidation sites excluding steroid dienone is 1. The van der Waals surface area contributed by atoms with Gasteiger partial charge in [-0.25, -0.2) is 8.42 Å². The lowest BCUT2D eigenvalue weighted by Crippen LogP contribution is -2.12. The second-order valence-corrected chi connectivity index (χ2v) is 5.93. The summed E-state index contributed by atoms with van der Waals surface area (Å²) in [5.41, 5.74) is 0.648. The average molecular weight is 244 g/mol. The van der Waals surface area contributed by atoms with Crippen LogP contribution in [0.25, 0.3) is 5.57 Å². The zero-order valence-electron chi connectivity index (χ0n) is 9.01. The Labute approximate surface area is 99.3 Å². The van der Waals surface area contributed by atoms with Crippen LogP contribution < -0.4 is 0 Å². The van der Waals surface area contributed by atoms with Crippen LogP contribution in [0.4, 0.5) is 0 Å². The van der Waals surface area contributed by atoms with E-state index < -0.39 is 15.1 Å². The van der Waals surface area contributed by atoms with Gasteiger partial charge >= 0.3 is 0 Å². The van der Waals surface area contributed by atoms with Crippen LogP contribution in [0.5, 0.6) is 0 Å². The van der Waals surface area contributed by atoms with Gasteiger partial charge in [-0.2, -0.15) is 10.5 Å². The summed E-state index contributed by atoms with van der Waals surface area (Å²) in [6.45, 7) is 1.50. The van der Waals surface area contributed by atoms with E-state index in [9.17, 15) is 8.42 Å². The van der Waals surface area contributed by atoms with E-state index in [0.29, 0.717) is 11.1 Å². The molecule has 0 radical (unpaired) electrons. The van der Waals surface area contributed by atoms with E-state index in [0.717, 1.165) is 0 Å². The predicted octanol–water partition coefficient (Wildman–Crippen LogP) is 1.66. The number of nitriles is 2. The molecule has 5 heteroatoms. The highest BCUT2D eigenvalue weighted by Gasteiger charge is 2.39. The molecule has 0 fully saturated rings. The van der Waals surface area contributed by atoms with Crippen molar-refractivity contribution in [1.29, 1.82) is 10.5 Å². The van der Waals surface area contributed by atoms with Gasteiger partial charge in [0.1, 0.15) is 17.7 Å². The van der Waals surface area contributed by atoms with Gasteiger partial charge in [0.05, 0.1) is 10.1 Å². The van der Waals surface area contributed by atoms with Gasteiger partial charge in [-0.3, -0.25) is 0 Å². The van der Waals surface area contributed by atoms with Crippen LogP contribution in [-0.2, 0) is 9.84 Å². The van der Waals surface area contributed by atoms with E-state index in [1.54, 1.807) is 30.3 Å². The first-order chi connectivity index (χ1) is 8.04. The molecule has 17 heavy (non-hydrogen) atoms. The molecule has 0 saturated carbocycles. The number of sulfone groups is 1. The van der Waals surface area contributed by atoms with E-state index >= 15 is 0 Å². The molecule has 1 aliphatic rings. The summed E-state index contributed by atoms with van der Waals surface area (Å²) >= 11 is 0. The molecule has 0 spiro atoms. The third kappa shape index (κ3) is 1.44. The average Bonchev–Trinajstić information content (AvgIpc) is 2.53. The summed E-state index contributed by atoms with van der Waals surface area (Å²) in [6, 6.07) is 9.96. The molecule has 0 bridgehead atoms. The topological polar surface area (TPSA) is 81.7 Å². The Morgan fingerprint density at radius 3 is 2.41 bits per heavy atom. The smallest absolute Gasteiger partial charge is 0.185 e. The zero-order chi connectivity index (χ0) is 12.6. The van der Waals surface area contributed by atoms with Crippen molar-refractivity contribution in [3.05, 3.63) is 35.4 Å². The monoisotopic (exact) mass is 244 g/mol. The van der Waals surface area contributed by atoms with Crippen LogP contribution in [-0.4, -0.2) is 13.7 Å². The largest absolute Gasteiger partial charge is 0.223 e. The van der Waals surface area contributed by atoms with Crippen molar-refractivity contribution in [2.75, 3.05) is 0 Å². The summed E-state index contributed by atoms with van der Waals surface area (Å²) in [6.07, 6.45) is 0. The molecular formula is C12H8N2O2S. The molecule has 1 atom stereocenters. The molecule has 1 aromatic carbocycles. The van der Waals surface area contributed by atoms with Crippen LogP contribution in [0.3, 0.4) is 0 Å². The minimum Gasteiger partial charge on any atom is -0.223 e. The molecule has 0 aliphatic carbocycles. The second-order valence-electron chi connectivity index (χ2n) is 3.70. The zero-order valence-corrected chi connectivity index (χ0v) is 9.82. The number of hydrogen-bond acceptors (Lipinski definition) is 4. The molecule has 2 rings (SSSR count). The maximum absolute atomic E-state index is 12.1. The number of fused-ring (bicyclic) bond motifs is 1. The molecule has 4 nitrogen and oxygen atoms in total. The summed E-state index contributed by atoms with van der Waals surface area (Å²) in [7, 11) is -3.46. The molecule has 0 aromatic heterocycles. The fraction of sp³-hybridized carbons (Fsp3) is 0.167. The van der Waals surface area contributed by atoms with Gasteiger partial charge in [0.15, 0.2) is 9.84 Å². The van der Waals surface area contributed by atoms with Gasteiger partial charge in [-0.15, -0.1) is 0 Å². The third-order valence-corrected chi connectivity index (χ3v) is 4.98.